The summed E-state index contributed by atoms with van der Waals surface area (Å²) in [5, 5.41) is 24.9. The molecule has 1 aliphatic rings. The molecule has 9 nitrogen and oxygen atoms in total. The van der Waals surface area contributed by atoms with E-state index in [9.17, 15) is 28.7 Å². The average molecular weight is 572 g/mol. The lowest BCUT2D eigenvalue weighted by Gasteiger charge is -2.27. The second-order valence-electron chi connectivity index (χ2n) is 10.3. The monoisotopic (exact) mass is 571 g/mol. The molecule has 1 aromatic carbocycles. The highest BCUT2D eigenvalue weighted by Gasteiger charge is 2.28. The zero-order valence-electron chi connectivity index (χ0n) is 23.7. The SMILES string of the molecule is COC(CF)CN(CCCCc1ccc2c(n1)NCCC2)CCC(NC(=O)C(C)c1c(F)cccc1C#N)C(=O)O. The van der Waals surface area contributed by atoms with E-state index in [1.165, 1.54) is 31.7 Å². The van der Waals surface area contributed by atoms with Gasteiger partial charge in [0, 0.05) is 38.0 Å². The molecule has 0 fully saturated rings. The van der Waals surface area contributed by atoms with Crippen LogP contribution in [0.1, 0.15) is 60.9 Å². The fourth-order valence-electron chi connectivity index (χ4n) is 4.99. The maximum atomic E-state index is 14.4. The predicted molar refractivity (Wildman–Crippen MR) is 151 cm³/mol. The van der Waals surface area contributed by atoms with Gasteiger partial charge in [0.05, 0.1) is 23.7 Å². The molecule has 0 aliphatic carbocycles. The quantitative estimate of drug-likeness (QED) is 0.260. The van der Waals surface area contributed by atoms with Crippen molar-refractivity contribution in [3.05, 3.63) is 58.5 Å². The molecule has 3 atom stereocenters. The Morgan fingerprint density at radius 1 is 1.27 bits per heavy atom. The number of carboxylic acid groups (broad SMARTS) is 1. The number of unbranched alkanes of at least 4 members (excludes halogenated alkanes) is 1. The van der Waals surface area contributed by atoms with Gasteiger partial charge < -0.3 is 25.4 Å². The number of fused-ring (bicyclic) bond motifs is 1. The second-order valence-corrected chi connectivity index (χ2v) is 10.3. The summed E-state index contributed by atoms with van der Waals surface area (Å²) in [5.74, 6) is -2.75. The highest BCUT2D eigenvalue weighted by molar-refractivity contribution is 5.88. The van der Waals surface area contributed by atoms with E-state index in [4.69, 9.17) is 9.72 Å². The van der Waals surface area contributed by atoms with Crippen molar-refractivity contribution >= 4 is 17.7 Å². The number of methoxy groups -OCH3 is 1. The fourth-order valence-corrected chi connectivity index (χ4v) is 4.99. The van der Waals surface area contributed by atoms with E-state index >= 15 is 0 Å². The summed E-state index contributed by atoms with van der Waals surface area (Å²) < 4.78 is 33.1. The van der Waals surface area contributed by atoms with E-state index in [1.54, 1.807) is 0 Å². The van der Waals surface area contributed by atoms with Gasteiger partial charge >= 0.3 is 5.97 Å². The van der Waals surface area contributed by atoms with E-state index in [1.807, 2.05) is 11.0 Å². The van der Waals surface area contributed by atoms with Crippen LogP contribution in [-0.2, 0) is 27.2 Å². The van der Waals surface area contributed by atoms with Gasteiger partial charge in [-0.25, -0.2) is 18.6 Å². The van der Waals surface area contributed by atoms with Gasteiger partial charge in [0.25, 0.3) is 0 Å². The van der Waals surface area contributed by atoms with E-state index in [0.717, 1.165) is 56.2 Å². The van der Waals surface area contributed by atoms with Gasteiger partial charge in [-0.1, -0.05) is 12.1 Å². The van der Waals surface area contributed by atoms with Gasteiger partial charge in [-0.3, -0.25) is 4.79 Å². The summed E-state index contributed by atoms with van der Waals surface area (Å²) in [5.41, 5.74) is 2.18. The molecule has 1 aromatic heterocycles. The summed E-state index contributed by atoms with van der Waals surface area (Å²) in [6.07, 6.45) is 3.93. The van der Waals surface area contributed by atoms with Crippen LogP contribution in [0.3, 0.4) is 0 Å². The van der Waals surface area contributed by atoms with Crippen LogP contribution < -0.4 is 10.6 Å². The van der Waals surface area contributed by atoms with Crippen molar-refractivity contribution in [2.45, 2.75) is 63.5 Å². The molecule has 0 radical (unpaired) electrons. The number of pyridine rings is 1. The first-order valence-corrected chi connectivity index (χ1v) is 14.0. The number of halogens is 2. The molecule has 1 amide bonds. The smallest absolute Gasteiger partial charge is 0.326 e. The average Bonchev–Trinajstić information content (AvgIpc) is 2.98. The van der Waals surface area contributed by atoms with E-state index < -0.39 is 42.4 Å². The van der Waals surface area contributed by atoms with E-state index in [0.29, 0.717) is 6.54 Å². The number of carboxylic acids is 1. The number of aromatic nitrogens is 1. The van der Waals surface area contributed by atoms with Gasteiger partial charge in [0.2, 0.25) is 5.91 Å². The van der Waals surface area contributed by atoms with Crippen LogP contribution in [0.4, 0.5) is 14.6 Å². The molecule has 222 valence electrons. The third kappa shape index (κ3) is 9.20. The molecule has 3 N–H and O–H groups in total. The summed E-state index contributed by atoms with van der Waals surface area (Å²) in [6, 6.07) is 8.74. The molecule has 0 saturated heterocycles. The Morgan fingerprint density at radius 2 is 2.07 bits per heavy atom. The van der Waals surface area contributed by atoms with Gasteiger partial charge in [0.15, 0.2) is 0 Å². The first-order chi connectivity index (χ1) is 19.8. The van der Waals surface area contributed by atoms with Crippen molar-refractivity contribution in [2.24, 2.45) is 0 Å². The van der Waals surface area contributed by atoms with E-state index in [-0.39, 0.29) is 30.6 Å². The summed E-state index contributed by atoms with van der Waals surface area (Å²) in [6.45, 7) is 2.80. The number of aliphatic carboxylic acids is 1. The number of hydrogen-bond donors (Lipinski definition) is 3. The second kappa shape index (κ2) is 16.0. The number of aryl methyl sites for hydroxylation is 2. The van der Waals surface area contributed by atoms with Crippen LogP contribution >= 0.6 is 0 Å². The molecule has 3 rings (SSSR count). The summed E-state index contributed by atoms with van der Waals surface area (Å²) >= 11 is 0. The van der Waals surface area contributed by atoms with Crippen LogP contribution in [-0.4, -0.2) is 79.0 Å². The number of nitrogens with zero attached hydrogens (tertiary/aromatic N) is 3. The Labute approximate surface area is 239 Å². The number of nitriles is 1. The Hall–Kier alpha value is -3.62. The van der Waals surface area contributed by atoms with Gasteiger partial charge in [-0.05, 0) is 75.8 Å². The van der Waals surface area contributed by atoms with Gasteiger partial charge in [-0.2, -0.15) is 5.26 Å². The Morgan fingerprint density at radius 3 is 2.78 bits per heavy atom. The molecule has 1 aliphatic heterocycles. The van der Waals surface area contributed by atoms with Crippen LogP contribution in [0.15, 0.2) is 30.3 Å². The molecule has 41 heavy (non-hydrogen) atoms. The number of ether oxygens (including phenoxy) is 1. The largest absolute Gasteiger partial charge is 0.480 e. The highest BCUT2D eigenvalue weighted by atomic mass is 19.1. The molecule has 3 unspecified atom stereocenters. The van der Waals surface area contributed by atoms with Crippen LogP contribution in [0.25, 0.3) is 0 Å². The Bertz CT molecular complexity index is 1220. The zero-order chi connectivity index (χ0) is 29.8. The van der Waals surface area contributed by atoms with Gasteiger partial charge in [-0.15, -0.1) is 0 Å². The molecule has 0 saturated carbocycles. The van der Waals surface area contributed by atoms with Crippen LogP contribution in [0.5, 0.6) is 0 Å². The number of anilines is 1. The number of rotatable bonds is 16. The van der Waals surface area contributed by atoms with Crippen LogP contribution in [0.2, 0.25) is 0 Å². The number of nitrogens with one attached hydrogen (secondary N) is 2. The van der Waals surface area contributed by atoms with Gasteiger partial charge in [0.1, 0.15) is 24.4 Å². The third-order valence-corrected chi connectivity index (χ3v) is 7.42. The lowest BCUT2D eigenvalue weighted by atomic mass is 9.94. The van der Waals surface area contributed by atoms with Crippen molar-refractivity contribution in [2.75, 3.05) is 45.3 Å². The van der Waals surface area contributed by atoms with Crippen LogP contribution in [0, 0.1) is 17.1 Å². The fraction of sp³-hybridized carbons (Fsp3) is 0.533. The van der Waals surface area contributed by atoms with Crippen molar-refractivity contribution in [1.82, 2.24) is 15.2 Å². The van der Waals surface area contributed by atoms with Crippen molar-refractivity contribution in [3.8, 4) is 6.07 Å². The third-order valence-electron chi connectivity index (χ3n) is 7.42. The highest BCUT2D eigenvalue weighted by Crippen LogP contribution is 2.24. The van der Waals surface area contributed by atoms with E-state index in [2.05, 4.69) is 22.8 Å². The minimum Gasteiger partial charge on any atom is -0.480 e. The topological polar surface area (TPSA) is 128 Å². The lowest BCUT2D eigenvalue weighted by molar-refractivity contribution is -0.142. The molecule has 0 bridgehead atoms. The van der Waals surface area contributed by atoms with Crippen molar-refractivity contribution < 1.29 is 28.2 Å². The number of benzene rings is 1. The number of amides is 1. The number of carbonyl (C=O) groups is 2. The Kier molecular flexibility index (Phi) is 12.4. The molecule has 11 heteroatoms. The molecular weight excluding hydrogens is 532 g/mol. The molecule has 2 aromatic rings. The molecule has 0 spiro atoms. The Balaban J connectivity index is 1.58. The molecular formula is C30H39F2N5O4. The minimum atomic E-state index is -1.25. The van der Waals surface area contributed by atoms with Crippen molar-refractivity contribution in [1.29, 1.82) is 5.26 Å². The maximum absolute atomic E-state index is 14.4. The zero-order valence-corrected chi connectivity index (χ0v) is 23.7. The summed E-state index contributed by atoms with van der Waals surface area (Å²) in [7, 11) is 1.43. The number of hydrogen-bond acceptors (Lipinski definition) is 7. The standard InChI is InChI=1S/C30H39F2N5O4/c1-20(27-22(18-33)7-5-10-25(27)32)29(38)36-26(30(39)40)13-16-37(19-24(17-31)41-2)15-4-3-9-23-12-11-21-8-6-14-34-28(21)35-23/h5,7,10-12,20,24,26H,3-4,6,8-9,13-17,19H2,1-2H3,(H,34,35)(H,36,38)(H,39,40). The first-order valence-electron chi connectivity index (χ1n) is 14.0. The maximum Gasteiger partial charge on any atom is 0.326 e. The normalized spacial score (nSPS) is 14.8. The summed E-state index contributed by atoms with van der Waals surface area (Å²) in [4.78, 5) is 31.5. The predicted octanol–water partition coefficient (Wildman–Crippen LogP) is 3.82. The number of carbonyl (C=O) groups excluding carboxylic acids is 1. The number of alkyl halides is 1. The molecule has 2 heterocycles. The minimum absolute atomic E-state index is 0.0179. The lowest BCUT2D eigenvalue weighted by Crippen LogP contribution is -2.45. The first kappa shape index (κ1) is 31.9. The van der Waals surface area contributed by atoms with Crippen molar-refractivity contribution in [3.63, 3.8) is 0 Å².